The zero-order chi connectivity index (χ0) is 11.2. The maximum absolute atomic E-state index is 5.37. The lowest BCUT2D eigenvalue weighted by Crippen LogP contribution is -2.14. The Balaban J connectivity index is 2.13. The molecule has 5 heteroatoms. The molecule has 2 rings (SSSR count). The van der Waals surface area contributed by atoms with Crippen LogP contribution in [-0.2, 0) is 0 Å². The number of nitrogens with two attached hydrogens (primary N) is 1. The molecule has 0 saturated heterocycles. The Morgan fingerprint density at radius 3 is 2.56 bits per heavy atom. The van der Waals surface area contributed by atoms with Crippen LogP contribution in [0.25, 0.3) is 11.1 Å². The summed E-state index contributed by atoms with van der Waals surface area (Å²) in [6.45, 7) is 1.24. The van der Waals surface area contributed by atoms with Crippen molar-refractivity contribution in [3.8, 4) is 11.1 Å². The summed E-state index contributed by atoms with van der Waals surface area (Å²) in [5.74, 6) is 0.595. The van der Waals surface area contributed by atoms with Crippen molar-refractivity contribution < 1.29 is 0 Å². The first-order valence-corrected chi connectivity index (χ1v) is 5.06. The molecule has 0 aromatic carbocycles. The second-order valence-electron chi connectivity index (χ2n) is 3.25. The summed E-state index contributed by atoms with van der Waals surface area (Å²) in [7, 11) is 0. The quantitative estimate of drug-likeness (QED) is 0.792. The zero-order valence-corrected chi connectivity index (χ0v) is 8.80. The maximum atomic E-state index is 5.37. The van der Waals surface area contributed by atoms with Gasteiger partial charge in [-0.1, -0.05) is 6.07 Å². The van der Waals surface area contributed by atoms with Crippen LogP contribution < -0.4 is 11.1 Å². The molecule has 0 unspecified atom stereocenters. The third-order valence-corrected chi connectivity index (χ3v) is 2.07. The summed E-state index contributed by atoms with van der Waals surface area (Å²) in [5.41, 5.74) is 7.33. The fraction of sp³-hybridized carbons (Fsp3) is 0.182. The highest BCUT2D eigenvalue weighted by Crippen LogP contribution is 2.15. The van der Waals surface area contributed by atoms with Gasteiger partial charge in [0, 0.05) is 49.0 Å². The minimum absolute atomic E-state index is 0.563. The summed E-state index contributed by atoms with van der Waals surface area (Å²) in [4.78, 5) is 12.4. The summed E-state index contributed by atoms with van der Waals surface area (Å²) >= 11 is 0. The molecule has 0 radical (unpaired) electrons. The molecular weight excluding hydrogens is 202 g/mol. The van der Waals surface area contributed by atoms with Gasteiger partial charge in [-0.15, -0.1) is 0 Å². The average molecular weight is 215 g/mol. The fourth-order valence-electron chi connectivity index (χ4n) is 1.29. The van der Waals surface area contributed by atoms with Gasteiger partial charge in [0.15, 0.2) is 0 Å². The fourth-order valence-corrected chi connectivity index (χ4v) is 1.29. The molecule has 5 nitrogen and oxygen atoms in total. The van der Waals surface area contributed by atoms with Crippen molar-refractivity contribution in [1.29, 1.82) is 0 Å². The summed E-state index contributed by atoms with van der Waals surface area (Å²) in [6.07, 6.45) is 7.05. The van der Waals surface area contributed by atoms with Crippen molar-refractivity contribution in [1.82, 2.24) is 15.0 Å². The number of aromatic nitrogens is 3. The van der Waals surface area contributed by atoms with Crippen LogP contribution in [0.5, 0.6) is 0 Å². The average Bonchev–Trinajstić information content (AvgIpc) is 2.38. The van der Waals surface area contributed by atoms with E-state index in [0.29, 0.717) is 19.0 Å². The van der Waals surface area contributed by atoms with E-state index in [1.54, 1.807) is 24.8 Å². The molecule has 0 fully saturated rings. The third kappa shape index (κ3) is 2.52. The smallest absolute Gasteiger partial charge is 0.222 e. The molecular formula is C11H13N5. The van der Waals surface area contributed by atoms with Gasteiger partial charge in [-0.25, -0.2) is 9.97 Å². The lowest BCUT2D eigenvalue weighted by Gasteiger charge is -2.03. The molecule has 0 saturated carbocycles. The van der Waals surface area contributed by atoms with Crippen LogP contribution >= 0.6 is 0 Å². The van der Waals surface area contributed by atoms with E-state index in [-0.39, 0.29) is 0 Å². The summed E-state index contributed by atoms with van der Waals surface area (Å²) in [5, 5.41) is 3.01. The molecule has 0 atom stereocenters. The Morgan fingerprint density at radius 2 is 1.94 bits per heavy atom. The van der Waals surface area contributed by atoms with Gasteiger partial charge in [0.1, 0.15) is 0 Å². The largest absolute Gasteiger partial charge is 0.353 e. The first-order valence-electron chi connectivity index (χ1n) is 5.06. The molecule has 16 heavy (non-hydrogen) atoms. The van der Waals surface area contributed by atoms with Gasteiger partial charge in [0.05, 0.1) is 0 Å². The van der Waals surface area contributed by atoms with E-state index in [4.69, 9.17) is 5.73 Å². The summed E-state index contributed by atoms with van der Waals surface area (Å²) < 4.78 is 0. The Hall–Kier alpha value is -2.01. The molecule has 0 bridgehead atoms. The topological polar surface area (TPSA) is 76.7 Å². The third-order valence-electron chi connectivity index (χ3n) is 2.07. The normalized spacial score (nSPS) is 10.1. The molecule has 82 valence electrons. The van der Waals surface area contributed by atoms with E-state index in [1.807, 2.05) is 12.1 Å². The van der Waals surface area contributed by atoms with E-state index < -0.39 is 0 Å². The number of anilines is 1. The Bertz CT molecular complexity index is 426. The van der Waals surface area contributed by atoms with Crippen LogP contribution in [0.1, 0.15) is 0 Å². The molecule has 2 aromatic heterocycles. The minimum atomic E-state index is 0.563. The molecule has 3 N–H and O–H groups in total. The first-order chi connectivity index (χ1) is 7.90. The van der Waals surface area contributed by atoms with Crippen LogP contribution in [-0.4, -0.2) is 28.0 Å². The number of nitrogens with one attached hydrogen (secondary N) is 1. The number of pyridine rings is 1. The molecule has 2 heterocycles. The SMILES string of the molecule is NCCNc1ncc(-c2cccnc2)cn1. The van der Waals surface area contributed by atoms with Crippen molar-refractivity contribution in [2.75, 3.05) is 18.4 Å². The van der Waals surface area contributed by atoms with Crippen LogP contribution in [0.15, 0.2) is 36.9 Å². The van der Waals surface area contributed by atoms with Crippen molar-refractivity contribution in [2.45, 2.75) is 0 Å². The lowest BCUT2D eigenvalue weighted by molar-refractivity contribution is 0.989. The Morgan fingerprint density at radius 1 is 1.12 bits per heavy atom. The Labute approximate surface area is 93.8 Å². The maximum Gasteiger partial charge on any atom is 0.222 e. The Kier molecular flexibility index (Phi) is 3.40. The predicted molar refractivity (Wildman–Crippen MR) is 62.8 cm³/mol. The van der Waals surface area contributed by atoms with Crippen LogP contribution in [0, 0.1) is 0 Å². The van der Waals surface area contributed by atoms with Crippen molar-refractivity contribution in [3.05, 3.63) is 36.9 Å². The number of nitrogens with zero attached hydrogens (tertiary/aromatic N) is 3. The van der Waals surface area contributed by atoms with Gasteiger partial charge < -0.3 is 11.1 Å². The molecule has 0 amide bonds. The van der Waals surface area contributed by atoms with Gasteiger partial charge in [-0.05, 0) is 6.07 Å². The predicted octanol–water partition coefficient (Wildman–Crippen LogP) is 0.909. The second-order valence-corrected chi connectivity index (χ2v) is 3.25. The van der Waals surface area contributed by atoms with Crippen molar-refractivity contribution in [3.63, 3.8) is 0 Å². The highest BCUT2D eigenvalue weighted by atomic mass is 15.1. The highest BCUT2D eigenvalue weighted by molar-refractivity contribution is 5.60. The molecule has 0 spiro atoms. The molecule has 0 aliphatic heterocycles. The number of rotatable bonds is 4. The van der Waals surface area contributed by atoms with Crippen LogP contribution in [0.3, 0.4) is 0 Å². The van der Waals surface area contributed by atoms with Crippen LogP contribution in [0.2, 0.25) is 0 Å². The van der Waals surface area contributed by atoms with E-state index in [2.05, 4.69) is 20.3 Å². The van der Waals surface area contributed by atoms with Gasteiger partial charge in [-0.2, -0.15) is 0 Å². The monoisotopic (exact) mass is 215 g/mol. The van der Waals surface area contributed by atoms with E-state index in [9.17, 15) is 0 Å². The zero-order valence-electron chi connectivity index (χ0n) is 8.80. The number of hydrogen-bond acceptors (Lipinski definition) is 5. The standard InChI is InChI=1S/C11H13N5/c12-3-5-14-11-15-7-10(8-16-11)9-2-1-4-13-6-9/h1-2,4,6-8H,3,5,12H2,(H,14,15,16). The molecule has 0 aliphatic rings. The van der Waals surface area contributed by atoms with E-state index in [1.165, 1.54) is 0 Å². The van der Waals surface area contributed by atoms with Crippen LogP contribution in [0.4, 0.5) is 5.95 Å². The van der Waals surface area contributed by atoms with Crippen molar-refractivity contribution >= 4 is 5.95 Å². The van der Waals surface area contributed by atoms with E-state index >= 15 is 0 Å². The highest BCUT2D eigenvalue weighted by Gasteiger charge is 1.99. The van der Waals surface area contributed by atoms with Gasteiger partial charge >= 0.3 is 0 Å². The van der Waals surface area contributed by atoms with Gasteiger partial charge in [0.2, 0.25) is 5.95 Å². The summed E-state index contributed by atoms with van der Waals surface area (Å²) in [6, 6.07) is 3.86. The minimum Gasteiger partial charge on any atom is -0.353 e. The second kappa shape index (κ2) is 5.18. The van der Waals surface area contributed by atoms with Gasteiger partial charge in [0.25, 0.3) is 0 Å². The van der Waals surface area contributed by atoms with Crippen molar-refractivity contribution in [2.24, 2.45) is 5.73 Å². The lowest BCUT2D eigenvalue weighted by atomic mass is 10.2. The molecule has 2 aromatic rings. The number of hydrogen-bond donors (Lipinski definition) is 2. The van der Waals surface area contributed by atoms with Gasteiger partial charge in [-0.3, -0.25) is 4.98 Å². The van der Waals surface area contributed by atoms with E-state index in [0.717, 1.165) is 11.1 Å². The first kappa shape index (κ1) is 10.5. The molecule has 0 aliphatic carbocycles.